The van der Waals surface area contributed by atoms with Gasteiger partial charge in [-0.05, 0) is 25.8 Å². The molecule has 3 rings (SSSR count). The zero-order chi connectivity index (χ0) is 14.7. The van der Waals surface area contributed by atoms with E-state index in [2.05, 4.69) is 24.6 Å². The van der Waals surface area contributed by atoms with Crippen LogP contribution in [0.5, 0.6) is 0 Å². The van der Waals surface area contributed by atoms with Crippen molar-refractivity contribution in [2.45, 2.75) is 31.8 Å². The summed E-state index contributed by atoms with van der Waals surface area (Å²) >= 11 is 0. The Hall–Kier alpha value is -2.22. The summed E-state index contributed by atoms with van der Waals surface area (Å²) in [5, 5.41) is 3.62. The molecule has 0 spiro atoms. The molecule has 1 aliphatic heterocycles. The molecule has 0 aromatic carbocycles. The van der Waals surface area contributed by atoms with Gasteiger partial charge in [-0.1, -0.05) is 5.16 Å². The second kappa shape index (κ2) is 6.04. The van der Waals surface area contributed by atoms with Crippen LogP contribution in [0.25, 0.3) is 0 Å². The molecule has 0 bridgehead atoms. The van der Waals surface area contributed by atoms with Crippen molar-refractivity contribution in [3.63, 3.8) is 0 Å². The summed E-state index contributed by atoms with van der Waals surface area (Å²) in [5.41, 5.74) is 5.15. The topological polar surface area (TPSA) is 103 Å². The van der Waals surface area contributed by atoms with Gasteiger partial charge in [0.15, 0.2) is 0 Å². The van der Waals surface area contributed by atoms with Crippen LogP contribution in [0.3, 0.4) is 0 Å². The molecule has 0 radical (unpaired) electrons. The van der Waals surface area contributed by atoms with E-state index in [1.807, 2.05) is 12.5 Å². The van der Waals surface area contributed by atoms with Crippen LogP contribution < -0.4 is 5.73 Å². The Morgan fingerprint density at radius 1 is 1.48 bits per heavy atom. The molecule has 8 nitrogen and oxygen atoms in total. The summed E-state index contributed by atoms with van der Waals surface area (Å²) in [4.78, 5) is 21.5. The number of rotatable bonds is 6. The lowest BCUT2D eigenvalue weighted by Crippen LogP contribution is -2.25. The van der Waals surface area contributed by atoms with Gasteiger partial charge >= 0.3 is 0 Å². The molecule has 1 unspecified atom stereocenters. The zero-order valence-corrected chi connectivity index (χ0v) is 11.7. The van der Waals surface area contributed by atoms with Crippen LogP contribution in [0, 0.1) is 0 Å². The van der Waals surface area contributed by atoms with Crippen LogP contribution in [0.1, 0.15) is 41.8 Å². The first kappa shape index (κ1) is 13.7. The highest BCUT2D eigenvalue weighted by atomic mass is 16.5. The lowest BCUT2D eigenvalue weighted by Gasteiger charge is -2.21. The van der Waals surface area contributed by atoms with Gasteiger partial charge in [0.25, 0.3) is 11.7 Å². The molecule has 1 fully saturated rings. The summed E-state index contributed by atoms with van der Waals surface area (Å²) in [6, 6.07) is 0.0911. The minimum Gasteiger partial charge on any atom is -0.363 e. The van der Waals surface area contributed by atoms with Crippen molar-refractivity contribution < 1.29 is 9.32 Å². The Morgan fingerprint density at radius 2 is 2.38 bits per heavy atom. The van der Waals surface area contributed by atoms with Crippen molar-refractivity contribution in [1.29, 1.82) is 0 Å². The molecular formula is C13H18N6O2. The molecule has 1 amide bonds. The van der Waals surface area contributed by atoms with E-state index in [-0.39, 0.29) is 11.9 Å². The fourth-order valence-electron chi connectivity index (χ4n) is 2.72. The first-order chi connectivity index (χ1) is 10.2. The van der Waals surface area contributed by atoms with E-state index in [9.17, 15) is 4.79 Å². The Kier molecular flexibility index (Phi) is 3.96. The number of hydrogen-bond acceptors (Lipinski definition) is 6. The van der Waals surface area contributed by atoms with Crippen molar-refractivity contribution in [2.75, 3.05) is 13.1 Å². The average molecular weight is 290 g/mol. The van der Waals surface area contributed by atoms with Crippen LogP contribution in [0.2, 0.25) is 0 Å². The standard InChI is InChI=1S/C13H18N6O2/c14-11(20)12-16-13(21-17-12)10-3-1-6-19(10)7-2-5-18-8-4-15-9-18/h4,8-10H,1-3,5-7H2,(H2,14,20). The van der Waals surface area contributed by atoms with Gasteiger partial charge in [-0.25, -0.2) is 4.98 Å². The van der Waals surface area contributed by atoms with E-state index >= 15 is 0 Å². The molecular weight excluding hydrogens is 272 g/mol. The average Bonchev–Trinajstić information content (AvgIpc) is 3.20. The van der Waals surface area contributed by atoms with Gasteiger partial charge in [0.1, 0.15) is 0 Å². The third kappa shape index (κ3) is 3.10. The highest BCUT2D eigenvalue weighted by molar-refractivity contribution is 5.88. The second-order valence-electron chi connectivity index (χ2n) is 5.17. The Labute approximate surface area is 121 Å². The molecule has 1 atom stereocenters. The lowest BCUT2D eigenvalue weighted by molar-refractivity contribution is 0.0987. The van der Waals surface area contributed by atoms with Gasteiger partial charge in [0.2, 0.25) is 5.89 Å². The number of amides is 1. The summed E-state index contributed by atoms with van der Waals surface area (Å²) in [6.45, 7) is 2.87. The molecule has 1 aliphatic rings. The first-order valence-corrected chi connectivity index (χ1v) is 7.07. The van der Waals surface area contributed by atoms with Crippen molar-refractivity contribution in [3.05, 3.63) is 30.4 Å². The van der Waals surface area contributed by atoms with Gasteiger partial charge < -0.3 is 14.8 Å². The number of carbonyl (C=O) groups is 1. The monoisotopic (exact) mass is 290 g/mol. The Bertz CT molecular complexity index is 594. The Morgan fingerprint density at radius 3 is 3.10 bits per heavy atom. The highest BCUT2D eigenvalue weighted by Crippen LogP contribution is 2.30. The van der Waals surface area contributed by atoms with E-state index in [1.165, 1.54) is 0 Å². The third-order valence-corrected chi connectivity index (χ3v) is 3.73. The number of nitrogens with two attached hydrogens (primary N) is 1. The number of carbonyl (C=O) groups excluding carboxylic acids is 1. The minimum absolute atomic E-state index is 0.0461. The minimum atomic E-state index is -0.658. The van der Waals surface area contributed by atoms with E-state index in [1.54, 1.807) is 6.20 Å². The molecule has 2 aromatic rings. The van der Waals surface area contributed by atoms with Gasteiger partial charge in [0, 0.05) is 25.5 Å². The van der Waals surface area contributed by atoms with Crippen molar-refractivity contribution >= 4 is 5.91 Å². The summed E-state index contributed by atoms with van der Waals surface area (Å²) in [7, 11) is 0. The van der Waals surface area contributed by atoms with Gasteiger partial charge in [0.05, 0.1) is 12.4 Å². The van der Waals surface area contributed by atoms with Gasteiger partial charge in [-0.2, -0.15) is 4.98 Å². The number of likely N-dealkylation sites (tertiary alicyclic amines) is 1. The smallest absolute Gasteiger partial charge is 0.290 e. The van der Waals surface area contributed by atoms with Crippen molar-refractivity contribution in [2.24, 2.45) is 5.73 Å². The largest absolute Gasteiger partial charge is 0.363 e. The number of nitrogens with zero attached hydrogens (tertiary/aromatic N) is 5. The predicted octanol–water partition coefficient (Wildman–Crippen LogP) is 0.592. The summed E-state index contributed by atoms with van der Waals surface area (Å²) in [6.07, 6.45) is 8.62. The van der Waals surface area contributed by atoms with Crippen molar-refractivity contribution in [3.8, 4) is 0 Å². The number of aromatic nitrogens is 4. The number of imidazole rings is 1. The molecule has 2 N–H and O–H groups in total. The van der Waals surface area contributed by atoms with Crippen LogP contribution >= 0.6 is 0 Å². The molecule has 21 heavy (non-hydrogen) atoms. The lowest BCUT2D eigenvalue weighted by atomic mass is 10.2. The summed E-state index contributed by atoms with van der Waals surface area (Å²) in [5.74, 6) is -0.214. The van der Waals surface area contributed by atoms with Crippen molar-refractivity contribution in [1.82, 2.24) is 24.6 Å². The highest BCUT2D eigenvalue weighted by Gasteiger charge is 2.30. The number of primary amides is 1. The molecule has 2 aromatic heterocycles. The molecule has 0 saturated carbocycles. The summed E-state index contributed by atoms with van der Waals surface area (Å²) < 4.78 is 7.23. The molecule has 112 valence electrons. The maximum atomic E-state index is 11.0. The number of hydrogen-bond donors (Lipinski definition) is 1. The zero-order valence-electron chi connectivity index (χ0n) is 11.7. The molecule has 1 saturated heterocycles. The Balaban J connectivity index is 1.58. The molecule has 3 heterocycles. The SMILES string of the molecule is NC(=O)c1noc(C2CCCN2CCCn2ccnc2)n1. The quantitative estimate of drug-likeness (QED) is 0.835. The molecule has 0 aliphatic carbocycles. The van der Waals surface area contributed by atoms with Crippen LogP contribution in [0.15, 0.2) is 23.2 Å². The van der Waals surface area contributed by atoms with Gasteiger partial charge in [-0.3, -0.25) is 9.69 Å². The maximum Gasteiger partial charge on any atom is 0.290 e. The third-order valence-electron chi connectivity index (χ3n) is 3.73. The maximum absolute atomic E-state index is 11.0. The van der Waals surface area contributed by atoms with E-state index in [4.69, 9.17) is 10.3 Å². The fraction of sp³-hybridized carbons (Fsp3) is 0.538. The van der Waals surface area contributed by atoms with E-state index < -0.39 is 5.91 Å². The van der Waals surface area contributed by atoms with Crippen LogP contribution in [0.4, 0.5) is 0 Å². The normalized spacial score (nSPS) is 19.1. The second-order valence-corrected chi connectivity index (χ2v) is 5.17. The van der Waals surface area contributed by atoms with E-state index in [0.717, 1.165) is 38.9 Å². The first-order valence-electron chi connectivity index (χ1n) is 7.07. The van der Waals surface area contributed by atoms with Gasteiger partial charge in [-0.15, -0.1) is 0 Å². The fourth-order valence-corrected chi connectivity index (χ4v) is 2.72. The van der Waals surface area contributed by atoms with E-state index in [0.29, 0.717) is 5.89 Å². The van der Waals surface area contributed by atoms with Crippen LogP contribution in [-0.2, 0) is 6.54 Å². The van der Waals surface area contributed by atoms with Crippen LogP contribution in [-0.4, -0.2) is 43.6 Å². The predicted molar refractivity (Wildman–Crippen MR) is 73.2 cm³/mol. The molecule has 8 heteroatoms. The number of aryl methyl sites for hydroxylation is 1.